The molecular formula is C8H20NaOPS2. The Bertz CT molecular complexity index is 148. The van der Waals surface area contributed by atoms with Gasteiger partial charge in [-0.1, -0.05) is 27.7 Å². The van der Waals surface area contributed by atoms with Crippen molar-refractivity contribution in [2.45, 2.75) is 27.7 Å². The molecule has 0 aliphatic heterocycles. The molecule has 13 heavy (non-hydrogen) atoms. The van der Waals surface area contributed by atoms with Gasteiger partial charge in [0.25, 0.3) is 0 Å². The Morgan fingerprint density at radius 1 is 1.08 bits per heavy atom. The van der Waals surface area contributed by atoms with Crippen LogP contribution in [0.3, 0.4) is 0 Å². The topological polar surface area (TPSA) is 31.5 Å². The van der Waals surface area contributed by atoms with Gasteiger partial charge in [-0.3, -0.25) is 0 Å². The smallest absolute Gasteiger partial charge is 0.746 e. The minimum Gasteiger partial charge on any atom is -0.746 e. The first kappa shape index (κ1) is 20.4. The van der Waals surface area contributed by atoms with Crippen LogP contribution in [0.2, 0.25) is 0 Å². The predicted octanol–water partition coefficient (Wildman–Crippen LogP) is -0.581. The van der Waals surface area contributed by atoms with E-state index in [0.717, 1.165) is 12.3 Å². The molecule has 0 bridgehead atoms. The summed E-state index contributed by atoms with van der Waals surface area (Å²) in [4.78, 5) is 0. The monoisotopic (exact) mass is 250 g/mol. The van der Waals surface area contributed by atoms with Crippen LogP contribution >= 0.6 is 5.24 Å². The van der Waals surface area contributed by atoms with E-state index in [1.807, 2.05) is 0 Å². The van der Waals surface area contributed by atoms with Gasteiger partial charge < -0.3 is 17.7 Å². The summed E-state index contributed by atoms with van der Waals surface area (Å²) in [5.74, 6) is 1.36. The summed E-state index contributed by atoms with van der Waals surface area (Å²) in [7, 11) is 0. The minimum absolute atomic E-state index is 0. The van der Waals surface area contributed by atoms with E-state index in [2.05, 4.69) is 27.7 Å². The van der Waals surface area contributed by atoms with Crippen LogP contribution in [-0.4, -0.2) is 17.8 Å². The SMILES string of the molecule is CC(C)CP(=S)([S-])CC(C)C.O.[Na+]. The summed E-state index contributed by atoms with van der Waals surface area (Å²) >= 11 is 10.8. The third-order valence-corrected chi connectivity index (χ3v) is 5.65. The van der Waals surface area contributed by atoms with Crippen molar-refractivity contribution in [3.05, 3.63) is 0 Å². The van der Waals surface area contributed by atoms with Crippen LogP contribution in [-0.2, 0) is 24.1 Å². The molecular weight excluding hydrogens is 230 g/mol. The van der Waals surface area contributed by atoms with Crippen molar-refractivity contribution in [1.29, 1.82) is 0 Å². The van der Waals surface area contributed by atoms with Crippen LogP contribution in [0.1, 0.15) is 27.7 Å². The Morgan fingerprint density at radius 2 is 1.31 bits per heavy atom. The molecule has 0 saturated carbocycles. The second-order valence-electron chi connectivity index (χ2n) is 3.97. The number of hydrogen-bond acceptors (Lipinski definition) is 2. The zero-order chi connectivity index (χ0) is 9.07. The van der Waals surface area contributed by atoms with E-state index >= 15 is 0 Å². The molecule has 5 heteroatoms. The zero-order valence-corrected chi connectivity index (χ0v) is 13.9. The quantitative estimate of drug-likeness (QED) is 0.380. The van der Waals surface area contributed by atoms with Crippen molar-refractivity contribution in [2.24, 2.45) is 11.8 Å². The fraction of sp³-hybridized carbons (Fsp3) is 1.00. The van der Waals surface area contributed by atoms with Gasteiger partial charge in [0, 0.05) is 0 Å². The van der Waals surface area contributed by atoms with E-state index in [0.29, 0.717) is 11.8 Å². The van der Waals surface area contributed by atoms with Crippen molar-refractivity contribution in [2.75, 3.05) is 12.3 Å². The zero-order valence-electron chi connectivity index (χ0n) is 9.33. The fourth-order valence-corrected chi connectivity index (χ4v) is 7.14. The molecule has 0 aromatic carbocycles. The molecule has 0 rings (SSSR count). The molecule has 0 atom stereocenters. The van der Waals surface area contributed by atoms with Gasteiger partial charge in [0.15, 0.2) is 0 Å². The molecule has 0 aromatic heterocycles. The maximum atomic E-state index is 5.42. The standard InChI is InChI=1S/C8H19PS2.Na.H2O/c1-7(2)5-9(10,11)6-8(3)4;;/h7-8H,5-6H2,1-4H3,(H,10,11);;1H2/q;+1;/p-1. The van der Waals surface area contributed by atoms with Crippen LogP contribution in [0, 0.1) is 11.8 Å². The largest absolute Gasteiger partial charge is 1.00 e. The van der Waals surface area contributed by atoms with Crippen LogP contribution in [0.25, 0.3) is 0 Å². The van der Waals surface area contributed by atoms with Crippen molar-refractivity contribution in [1.82, 2.24) is 0 Å². The third kappa shape index (κ3) is 14.0. The molecule has 2 N–H and O–H groups in total. The first-order valence-corrected chi connectivity index (χ1v) is 8.31. The minimum atomic E-state index is -1.39. The molecule has 76 valence electrons. The summed E-state index contributed by atoms with van der Waals surface area (Å²) in [6.45, 7) is 8.81. The number of rotatable bonds is 4. The average molecular weight is 250 g/mol. The third-order valence-electron chi connectivity index (χ3n) is 1.29. The van der Waals surface area contributed by atoms with E-state index in [1.54, 1.807) is 0 Å². The normalized spacial score (nSPS) is 11.0. The van der Waals surface area contributed by atoms with Crippen LogP contribution in [0.15, 0.2) is 0 Å². The van der Waals surface area contributed by atoms with E-state index in [4.69, 9.17) is 24.1 Å². The molecule has 0 spiro atoms. The molecule has 0 unspecified atom stereocenters. The Labute approximate surface area is 115 Å². The average Bonchev–Trinajstić information content (AvgIpc) is 1.53. The van der Waals surface area contributed by atoms with Gasteiger partial charge in [0.05, 0.1) is 0 Å². The molecule has 0 saturated heterocycles. The number of hydrogen-bond donors (Lipinski definition) is 0. The van der Waals surface area contributed by atoms with Crippen LogP contribution in [0.4, 0.5) is 0 Å². The maximum absolute atomic E-state index is 5.42. The maximum Gasteiger partial charge on any atom is 1.00 e. The molecule has 0 amide bonds. The van der Waals surface area contributed by atoms with Gasteiger partial charge in [0.2, 0.25) is 0 Å². The summed E-state index contributed by atoms with van der Waals surface area (Å²) < 4.78 is 0. The second-order valence-corrected chi connectivity index (χ2v) is 11.2. The van der Waals surface area contributed by atoms with Crippen LogP contribution < -0.4 is 29.6 Å². The fourth-order valence-electron chi connectivity index (χ4n) is 1.19. The molecule has 0 aromatic rings. The first-order valence-electron chi connectivity index (χ1n) is 4.12. The molecule has 1 nitrogen and oxygen atoms in total. The summed E-state index contributed by atoms with van der Waals surface area (Å²) in [5, 5.41) is -1.39. The van der Waals surface area contributed by atoms with Gasteiger partial charge >= 0.3 is 29.6 Å². The van der Waals surface area contributed by atoms with Crippen LogP contribution in [0.5, 0.6) is 0 Å². The molecule has 0 heterocycles. The van der Waals surface area contributed by atoms with E-state index in [9.17, 15) is 0 Å². The van der Waals surface area contributed by atoms with Crippen molar-refractivity contribution in [3.63, 3.8) is 0 Å². The van der Waals surface area contributed by atoms with E-state index in [-0.39, 0.29) is 35.0 Å². The van der Waals surface area contributed by atoms with Crippen molar-refractivity contribution in [3.8, 4) is 0 Å². The Hall–Kier alpha value is 1.96. The Morgan fingerprint density at radius 3 is 1.46 bits per heavy atom. The van der Waals surface area contributed by atoms with E-state index in [1.165, 1.54) is 0 Å². The van der Waals surface area contributed by atoms with Gasteiger partial charge in [-0.15, -0.1) is 11.8 Å². The van der Waals surface area contributed by atoms with Gasteiger partial charge in [-0.2, -0.15) is 5.24 Å². The van der Waals surface area contributed by atoms with E-state index < -0.39 is 5.24 Å². The van der Waals surface area contributed by atoms with Gasteiger partial charge in [-0.05, 0) is 24.2 Å². The summed E-state index contributed by atoms with van der Waals surface area (Å²) in [5.41, 5.74) is 0. The van der Waals surface area contributed by atoms with Crippen molar-refractivity contribution >= 4 is 29.3 Å². The molecule has 0 aliphatic rings. The van der Waals surface area contributed by atoms with Gasteiger partial charge in [-0.25, -0.2) is 0 Å². The van der Waals surface area contributed by atoms with Gasteiger partial charge in [0.1, 0.15) is 0 Å². The first-order chi connectivity index (χ1) is 4.83. The second kappa shape index (κ2) is 9.21. The van der Waals surface area contributed by atoms with Crippen molar-refractivity contribution < 1.29 is 35.0 Å². The summed E-state index contributed by atoms with van der Waals surface area (Å²) in [6.07, 6.45) is 2.19. The summed E-state index contributed by atoms with van der Waals surface area (Å²) in [6, 6.07) is 0. The predicted molar refractivity (Wildman–Crippen MR) is 64.7 cm³/mol. The molecule has 0 radical (unpaired) electrons. The Balaban J connectivity index is -0.000000500. The Kier molecular flexibility index (Phi) is 14.4. The molecule has 0 aliphatic carbocycles. The molecule has 0 fully saturated rings.